The lowest BCUT2D eigenvalue weighted by atomic mass is 10.2. The molecule has 2 aliphatic heterocycles. The van der Waals surface area contributed by atoms with E-state index < -0.39 is 0 Å². The Hall–Kier alpha value is -1.63. The van der Waals surface area contributed by atoms with Crippen molar-refractivity contribution in [3.05, 3.63) is 35.9 Å². The van der Waals surface area contributed by atoms with Crippen molar-refractivity contribution in [2.45, 2.75) is 19.1 Å². The number of carbonyl (C=O) groups excluding carboxylic acids is 1. The van der Waals surface area contributed by atoms with Gasteiger partial charge in [0.15, 0.2) is 0 Å². The van der Waals surface area contributed by atoms with Gasteiger partial charge in [0.25, 0.3) is 0 Å². The summed E-state index contributed by atoms with van der Waals surface area (Å²) in [6.07, 6.45) is 0.935. The number of benzene rings is 1. The summed E-state index contributed by atoms with van der Waals surface area (Å²) in [5.74, 6) is 0. The van der Waals surface area contributed by atoms with Crippen LogP contribution in [0, 0.1) is 0 Å². The Labute approximate surface area is 143 Å². The van der Waals surface area contributed by atoms with Crippen LogP contribution < -0.4 is 0 Å². The second-order valence-corrected chi connectivity index (χ2v) is 6.53. The Morgan fingerprint density at radius 1 is 1.12 bits per heavy atom. The van der Waals surface area contributed by atoms with Crippen LogP contribution in [0.5, 0.6) is 0 Å². The van der Waals surface area contributed by atoms with Gasteiger partial charge in [-0.3, -0.25) is 9.80 Å². The highest BCUT2D eigenvalue weighted by atomic mass is 16.6. The molecule has 0 radical (unpaired) electrons. The molecular weight excluding hydrogens is 306 g/mol. The van der Waals surface area contributed by atoms with Gasteiger partial charge < -0.3 is 14.7 Å². The smallest absolute Gasteiger partial charge is 0.410 e. The van der Waals surface area contributed by atoms with E-state index in [4.69, 9.17) is 9.84 Å². The molecule has 0 aromatic heterocycles. The zero-order chi connectivity index (χ0) is 16.8. The van der Waals surface area contributed by atoms with E-state index in [1.165, 1.54) is 0 Å². The minimum Gasteiger partial charge on any atom is -0.445 e. The molecule has 6 heteroatoms. The van der Waals surface area contributed by atoms with Crippen molar-refractivity contribution in [1.82, 2.24) is 14.7 Å². The molecule has 0 bridgehead atoms. The van der Waals surface area contributed by atoms with Crippen LogP contribution in [-0.2, 0) is 11.3 Å². The fourth-order valence-corrected chi connectivity index (χ4v) is 3.54. The number of carbonyl (C=O) groups is 1. The van der Waals surface area contributed by atoms with Crippen molar-refractivity contribution in [1.29, 1.82) is 0 Å². The van der Waals surface area contributed by atoms with Gasteiger partial charge in [0, 0.05) is 45.3 Å². The lowest BCUT2D eigenvalue weighted by Gasteiger charge is -2.37. The molecule has 2 heterocycles. The highest BCUT2D eigenvalue weighted by Gasteiger charge is 2.31. The average molecular weight is 333 g/mol. The fourth-order valence-electron chi connectivity index (χ4n) is 3.54. The van der Waals surface area contributed by atoms with Gasteiger partial charge in [-0.05, 0) is 18.5 Å². The first-order valence-corrected chi connectivity index (χ1v) is 8.79. The summed E-state index contributed by atoms with van der Waals surface area (Å²) in [4.78, 5) is 18.8. The molecule has 1 amide bonds. The molecule has 0 saturated carbocycles. The lowest BCUT2D eigenvalue weighted by Crippen LogP contribution is -2.52. The highest BCUT2D eigenvalue weighted by molar-refractivity contribution is 5.67. The Bertz CT molecular complexity index is 518. The van der Waals surface area contributed by atoms with E-state index in [0.717, 1.165) is 57.8 Å². The van der Waals surface area contributed by atoms with Gasteiger partial charge in [0.2, 0.25) is 0 Å². The zero-order valence-corrected chi connectivity index (χ0v) is 14.1. The minimum absolute atomic E-state index is 0.216. The van der Waals surface area contributed by atoms with Crippen molar-refractivity contribution in [2.24, 2.45) is 0 Å². The third-order valence-corrected chi connectivity index (χ3v) is 4.96. The summed E-state index contributed by atoms with van der Waals surface area (Å²) in [7, 11) is 0. The Morgan fingerprint density at radius 3 is 2.58 bits per heavy atom. The van der Waals surface area contributed by atoms with Crippen molar-refractivity contribution in [2.75, 3.05) is 52.4 Å². The lowest BCUT2D eigenvalue weighted by molar-refractivity contribution is 0.0603. The van der Waals surface area contributed by atoms with Crippen LogP contribution >= 0.6 is 0 Å². The average Bonchev–Trinajstić information content (AvgIpc) is 3.10. The molecule has 1 aromatic rings. The molecule has 2 saturated heterocycles. The molecule has 0 spiro atoms. The standard InChI is InChI=1S/C18H27N3O3/c22-13-12-19-7-6-17(14-19)20-8-10-21(11-9-20)18(23)24-15-16-4-2-1-3-5-16/h1-5,17,22H,6-15H2. The summed E-state index contributed by atoms with van der Waals surface area (Å²) >= 11 is 0. The van der Waals surface area contributed by atoms with E-state index in [1.807, 2.05) is 30.3 Å². The molecule has 2 fully saturated rings. The summed E-state index contributed by atoms with van der Waals surface area (Å²) < 4.78 is 5.41. The van der Waals surface area contributed by atoms with E-state index in [-0.39, 0.29) is 12.7 Å². The van der Waals surface area contributed by atoms with Gasteiger partial charge >= 0.3 is 6.09 Å². The number of aliphatic hydroxyl groups is 1. The third-order valence-electron chi connectivity index (χ3n) is 4.96. The maximum absolute atomic E-state index is 12.2. The predicted octanol–water partition coefficient (Wildman–Crippen LogP) is 1.01. The Balaban J connectivity index is 1.39. The van der Waals surface area contributed by atoms with Gasteiger partial charge in [0.05, 0.1) is 6.61 Å². The molecule has 1 atom stereocenters. The Morgan fingerprint density at radius 2 is 1.88 bits per heavy atom. The van der Waals surface area contributed by atoms with Gasteiger partial charge in [-0.25, -0.2) is 4.79 Å². The second kappa shape index (κ2) is 8.46. The minimum atomic E-state index is -0.216. The van der Waals surface area contributed by atoms with Gasteiger partial charge in [-0.2, -0.15) is 0 Å². The third kappa shape index (κ3) is 4.47. The number of ether oxygens (including phenoxy) is 1. The van der Waals surface area contributed by atoms with Crippen LogP contribution in [0.1, 0.15) is 12.0 Å². The molecule has 0 aliphatic carbocycles. The number of likely N-dealkylation sites (tertiary alicyclic amines) is 1. The van der Waals surface area contributed by atoms with E-state index in [9.17, 15) is 4.79 Å². The van der Waals surface area contributed by atoms with Crippen molar-refractivity contribution in [3.8, 4) is 0 Å². The van der Waals surface area contributed by atoms with Crippen molar-refractivity contribution >= 4 is 6.09 Å². The number of hydrogen-bond donors (Lipinski definition) is 1. The van der Waals surface area contributed by atoms with Crippen LogP contribution in [0.4, 0.5) is 4.79 Å². The number of rotatable bonds is 5. The number of piperazine rings is 1. The molecule has 1 aromatic carbocycles. The summed E-state index contributed by atoms with van der Waals surface area (Å²) in [5.41, 5.74) is 1.01. The zero-order valence-electron chi connectivity index (χ0n) is 14.1. The monoisotopic (exact) mass is 333 g/mol. The van der Waals surface area contributed by atoms with Crippen molar-refractivity contribution < 1.29 is 14.6 Å². The Kier molecular flexibility index (Phi) is 6.07. The molecule has 1 unspecified atom stereocenters. The van der Waals surface area contributed by atoms with Crippen LogP contribution in [0.3, 0.4) is 0 Å². The largest absolute Gasteiger partial charge is 0.445 e. The fraction of sp³-hybridized carbons (Fsp3) is 0.611. The molecule has 6 nitrogen and oxygen atoms in total. The van der Waals surface area contributed by atoms with Crippen LogP contribution in [0.2, 0.25) is 0 Å². The molecule has 1 N–H and O–H groups in total. The predicted molar refractivity (Wildman–Crippen MR) is 91.7 cm³/mol. The van der Waals surface area contributed by atoms with E-state index in [0.29, 0.717) is 12.6 Å². The van der Waals surface area contributed by atoms with E-state index in [2.05, 4.69) is 9.80 Å². The normalized spacial score (nSPS) is 22.7. The first-order chi connectivity index (χ1) is 11.8. The molecule has 132 valence electrons. The number of hydrogen-bond acceptors (Lipinski definition) is 5. The van der Waals surface area contributed by atoms with E-state index in [1.54, 1.807) is 4.90 Å². The first kappa shape index (κ1) is 17.2. The van der Waals surface area contributed by atoms with Crippen LogP contribution in [0.15, 0.2) is 30.3 Å². The SMILES string of the molecule is O=C(OCc1ccccc1)N1CCN(C2CCN(CCO)C2)CC1. The molecule has 2 aliphatic rings. The van der Waals surface area contributed by atoms with Crippen LogP contribution in [0.25, 0.3) is 0 Å². The molecular formula is C18H27N3O3. The maximum atomic E-state index is 12.2. The summed E-state index contributed by atoms with van der Waals surface area (Å²) in [5, 5.41) is 9.04. The summed E-state index contributed by atoms with van der Waals surface area (Å²) in [6, 6.07) is 10.3. The first-order valence-electron chi connectivity index (χ1n) is 8.79. The van der Waals surface area contributed by atoms with Gasteiger partial charge in [-0.15, -0.1) is 0 Å². The summed E-state index contributed by atoms with van der Waals surface area (Å²) in [6.45, 7) is 6.67. The quantitative estimate of drug-likeness (QED) is 0.871. The molecule has 24 heavy (non-hydrogen) atoms. The molecule has 3 rings (SSSR count). The van der Waals surface area contributed by atoms with Crippen molar-refractivity contribution in [3.63, 3.8) is 0 Å². The van der Waals surface area contributed by atoms with Gasteiger partial charge in [-0.1, -0.05) is 30.3 Å². The highest BCUT2D eigenvalue weighted by Crippen LogP contribution is 2.17. The number of nitrogens with zero attached hydrogens (tertiary/aromatic N) is 3. The van der Waals surface area contributed by atoms with Gasteiger partial charge in [0.1, 0.15) is 6.61 Å². The topological polar surface area (TPSA) is 56.2 Å². The second-order valence-electron chi connectivity index (χ2n) is 6.53. The van der Waals surface area contributed by atoms with Crippen LogP contribution in [-0.4, -0.2) is 84.4 Å². The maximum Gasteiger partial charge on any atom is 0.410 e. The number of aliphatic hydroxyl groups excluding tert-OH is 1. The van der Waals surface area contributed by atoms with E-state index >= 15 is 0 Å². The number of amides is 1. The number of β-amino-alcohol motifs (C(OH)–C–C–N with tert-alkyl or cyclic N) is 1.